The molecule has 1 aliphatic heterocycles. The molecule has 1 aliphatic rings. The Hall–Kier alpha value is -1.10. The Morgan fingerprint density at radius 2 is 1.87 bits per heavy atom. The topological polar surface area (TPSA) is 32.7 Å². The van der Waals surface area contributed by atoms with Crippen molar-refractivity contribution in [3.63, 3.8) is 0 Å². The summed E-state index contributed by atoms with van der Waals surface area (Å²) in [6, 6.07) is 15.6. The van der Waals surface area contributed by atoms with Crippen LogP contribution in [-0.2, 0) is 11.3 Å². The van der Waals surface area contributed by atoms with Crippen LogP contribution in [0, 0.1) is 0 Å². The van der Waals surface area contributed by atoms with Crippen LogP contribution in [0.25, 0.3) is 0 Å². The van der Waals surface area contributed by atoms with Crippen molar-refractivity contribution in [3.8, 4) is 0 Å². The van der Waals surface area contributed by atoms with Gasteiger partial charge < -0.3 is 9.84 Å². The number of aliphatic hydroxyl groups is 1. The lowest BCUT2D eigenvalue weighted by Crippen LogP contribution is -2.33. The lowest BCUT2D eigenvalue weighted by molar-refractivity contribution is -0.0214. The van der Waals surface area contributed by atoms with Crippen LogP contribution in [0.5, 0.6) is 0 Å². The van der Waals surface area contributed by atoms with E-state index in [0.717, 1.165) is 18.7 Å². The highest BCUT2D eigenvalue weighted by Crippen LogP contribution is 2.30. The van der Waals surface area contributed by atoms with Gasteiger partial charge in [0.25, 0.3) is 0 Å². The zero-order chi connectivity index (χ0) is 16.2. The summed E-state index contributed by atoms with van der Waals surface area (Å²) in [5.74, 6) is 0. The number of hydrogen-bond acceptors (Lipinski definition) is 3. The van der Waals surface area contributed by atoms with Crippen LogP contribution < -0.4 is 0 Å². The van der Waals surface area contributed by atoms with E-state index in [9.17, 15) is 5.11 Å². The fraction of sp³-hybridized carbons (Fsp3) is 0.333. The van der Waals surface area contributed by atoms with Crippen LogP contribution in [-0.4, -0.2) is 35.8 Å². The van der Waals surface area contributed by atoms with Crippen LogP contribution >= 0.6 is 23.2 Å². The van der Waals surface area contributed by atoms with Crippen molar-refractivity contribution in [1.82, 2.24) is 4.90 Å². The van der Waals surface area contributed by atoms with Gasteiger partial charge in [-0.3, -0.25) is 4.90 Å². The van der Waals surface area contributed by atoms with Gasteiger partial charge in [0.05, 0.1) is 22.8 Å². The van der Waals surface area contributed by atoms with Gasteiger partial charge in [0.1, 0.15) is 6.10 Å². The van der Waals surface area contributed by atoms with E-state index < -0.39 is 6.10 Å². The first kappa shape index (κ1) is 16.7. The van der Waals surface area contributed by atoms with Gasteiger partial charge in [0.2, 0.25) is 0 Å². The molecular formula is C18H19Cl2NO2. The second kappa shape index (κ2) is 7.65. The minimum absolute atomic E-state index is 0.384. The first-order chi connectivity index (χ1) is 11.1. The Kier molecular flexibility index (Phi) is 5.57. The quantitative estimate of drug-likeness (QED) is 0.909. The van der Waals surface area contributed by atoms with Crippen LogP contribution in [0.1, 0.15) is 17.2 Å². The van der Waals surface area contributed by atoms with Gasteiger partial charge in [-0.1, -0.05) is 59.6 Å². The summed E-state index contributed by atoms with van der Waals surface area (Å²) >= 11 is 12.0. The average molecular weight is 352 g/mol. The third kappa shape index (κ3) is 4.25. The van der Waals surface area contributed by atoms with E-state index >= 15 is 0 Å². The van der Waals surface area contributed by atoms with Crippen LogP contribution in [0.3, 0.4) is 0 Å². The van der Waals surface area contributed by atoms with Gasteiger partial charge in [0, 0.05) is 19.6 Å². The number of rotatable bonds is 3. The van der Waals surface area contributed by atoms with E-state index in [1.54, 1.807) is 12.1 Å². The van der Waals surface area contributed by atoms with Crippen molar-refractivity contribution in [2.45, 2.75) is 18.8 Å². The first-order valence-corrected chi connectivity index (χ1v) is 8.40. The van der Waals surface area contributed by atoms with E-state index in [1.165, 1.54) is 5.56 Å². The molecule has 2 aromatic carbocycles. The summed E-state index contributed by atoms with van der Waals surface area (Å²) in [6.45, 7) is 2.70. The molecule has 0 aromatic heterocycles. The molecule has 0 saturated carbocycles. The summed E-state index contributed by atoms with van der Waals surface area (Å²) in [6.07, 6.45) is -0.996. The van der Waals surface area contributed by atoms with Crippen LogP contribution in [0.4, 0.5) is 0 Å². The predicted molar refractivity (Wildman–Crippen MR) is 92.9 cm³/mol. The summed E-state index contributed by atoms with van der Waals surface area (Å²) in [5.41, 5.74) is 2.08. The van der Waals surface area contributed by atoms with E-state index in [4.69, 9.17) is 27.9 Å². The number of hydrogen-bond donors (Lipinski definition) is 1. The molecule has 0 bridgehead atoms. The standard InChI is InChI=1S/C18H19Cl2NO2/c19-15-7-6-14(10-16(15)20)18-17(22)12-21(8-9-23-18)11-13-4-2-1-3-5-13/h1-7,10,17-18,22H,8-9,11-12H2. The van der Waals surface area contributed by atoms with E-state index in [1.807, 2.05) is 24.3 Å². The van der Waals surface area contributed by atoms with Gasteiger partial charge in [-0.15, -0.1) is 0 Å². The molecule has 0 aliphatic carbocycles. The molecule has 0 radical (unpaired) electrons. The molecule has 2 unspecified atom stereocenters. The predicted octanol–water partition coefficient (Wildman–Crippen LogP) is 3.93. The molecule has 0 spiro atoms. The SMILES string of the molecule is OC1CN(Cc2ccccc2)CCOC1c1ccc(Cl)c(Cl)c1. The summed E-state index contributed by atoms with van der Waals surface area (Å²) in [5, 5.41) is 11.5. The molecule has 23 heavy (non-hydrogen) atoms. The molecule has 3 nitrogen and oxygen atoms in total. The number of β-amino-alcohol motifs (C(OH)–C–C–N with tert-alkyl or cyclic N) is 1. The molecule has 2 atom stereocenters. The van der Waals surface area contributed by atoms with Crippen molar-refractivity contribution in [2.75, 3.05) is 19.7 Å². The zero-order valence-corrected chi connectivity index (χ0v) is 14.2. The Balaban J connectivity index is 1.70. The molecular weight excluding hydrogens is 333 g/mol. The van der Waals surface area contributed by atoms with Gasteiger partial charge in [-0.2, -0.15) is 0 Å². The third-order valence-electron chi connectivity index (χ3n) is 4.02. The Bertz CT molecular complexity index is 651. The molecule has 1 fully saturated rings. The molecule has 5 heteroatoms. The van der Waals surface area contributed by atoms with Gasteiger partial charge in [-0.25, -0.2) is 0 Å². The highest BCUT2D eigenvalue weighted by atomic mass is 35.5. The summed E-state index contributed by atoms with van der Waals surface area (Å²) in [7, 11) is 0. The molecule has 122 valence electrons. The van der Waals surface area contributed by atoms with Gasteiger partial charge in [-0.05, 0) is 23.3 Å². The average Bonchev–Trinajstić information content (AvgIpc) is 2.72. The maximum atomic E-state index is 10.6. The third-order valence-corrected chi connectivity index (χ3v) is 4.76. The summed E-state index contributed by atoms with van der Waals surface area (Å²) in [4.78, 5) is 2.21. The van der Waals surface area contributed by atoms with Gasteiger partial charge >= 0.3 is 0 Å². The van der Waals surface area contributed by atoms with E-state index in [0.29, 0.717) is 23.2 Å². The second-order valence-corrected chi connectivity index (χ2v) is 6.57. The second-order valence-electron chi connectivity index (χ2n) is 5.75. The number of halogens is 2. The lowest BCUT2D eigenvalue weighted by atomic mass is 10.0. The van der Waals surface area contributed by atoms with Crippen LogP contribution in [0.2, 0.25) is 10.0 Å². The minimum atomic E-state index is -0.613. The fourth-order valence-corrected chi connectivity index (χ4v) is 3.17. The monoisotopic (exact) mass is 351 g/mol. The Morgan fingerprint density at radius 1 is 1.09 bits per heavy atom. The van der Waals surface area contributed by atoms with Crippen molar-refractivity contribution in [3.05, 3.63) is 69.7 Å². The number of ether oxygens (including phenoxy) is 1. The minimum Gasteiger partial charge on any atom is -0.389 e. The molecule has 0 amide bonds. The van der Waals surface area contributed by atoms with Crippen molar-refractivity contribution >= 4 is 23.2 Å². The number of aliphatic hydroxyl groups excluding tert-OH is 1. The molecule has 1 N–H and O–H groups in total. The number of benzene rings is 2. The highest BCUT2D eigenvalue weighted by molar-refractivity contribution is 6.42. The normalized spacial score (nSPS) is 22.7. The Labute approximate surface area is 146 Å². The largest absolute Gasteiger partial charge is 0.389 e. The van der Waals surface area contributed by atoms with Crippen molar-refractivity contribution in [2.24, 2.45) is 0 Å². The fourth-order valence-electron chi connectivity index (χ4n) is 2.86. The van der Waals surface area contributed by atoms with E-state index in [2.05, 4.69) is 17.0 Å². The zero-order valence-electron chi connectivity index (χ0n) is 12.7. The summed E-state index contributed by atoms with van der Waals surface area (Å²) < 4.78 is 5.87. The molecule has 3 rings (SSSR count). The van der Waals surface area contributed by atoms with E-state index in [-0.39, 0.29) is 6.10 Å². The highest BCUT2D eigenvalue weighted by Gasteiger charge is 2.28. The Morgan fingerprint density at radius 3 is 2.61 bits per heavy atom. The molecule has 1 heterocycles. The van der Waals surface area contributed by atoms with Crippen molar-refractivity contribution < 1.29 is 9.84 Å². The lowest BCUT2D eigenvalue weighted by Gasteiger charge is -2.24. The van der Waals surface area contributed by atoms with Crippen molar-refractivity contribution in [1.29, 1.82) is 0 Å². The van der Waals surface area contributed by atoms with Gasteiger partial charge in [0.15, 0.2) is 0 Å². The maximum Gasteiger partial charge on any atom is 0.110 e. The maximum absolute atomic E-state index is 10.6. The molecule has 2 aromatic rings. The number of nitrogens with zero attached hydrogens (tertiary/aromatic N) is 1. The van der Waals surface area contributed by atoms with Crippen LogP contribution in [0.15, 0.2) is 48.5 Å². The molecule has 1 saturated heterocycles. The smallest absolute Gasteiger partial charge is 0.110 e. The first-order valence-electron chi connectivity index (χ1n) is 7.64.